The molecule has 0 spiro atoms. The first-order valence-electron chi connectivity index (χ1n) is 11.0. The van der Waals surface area contributed by atoms with E-state index in [-0.39, 0.29) is 31.3 Å². The Kier molecular flexibility index (Phi) is 6.83. The fourth-order valence-electron chi connectivity index (χ4n) is 3.81. The quantitative estimate of drug-likeness (QED) is 0.230. The van der Waals surface area contributed by atoms with Gasteiger partial charge in [0.15, 0.2) is 5.78 Å². The lowest BCUT2D eigenvalue weighted by Crippen LogP contribution is -2.24. The van der Waals surface area contributed by atoms with Gasteiger partial charge in [0.1, 0.15) is 18.8 Å². The third-order valence-electron chi connectivity index (χ3n) is 5.51. The highest BCUT2D eigenvalue weighted by atomic mass is 35.5. The van der Waals surface area contributed by atoms with Gasteiger partial charge < -0.3 is 9.64 Å². The molecular weight excluding hydrogens is 484 g/mol. The Hall–Kier alpha value is -3.62. The molecule has 1 aromatic heterocycles. The number of rotatable bonds is 8. The molecule has 0 N–H and O–H groups in total. The van der Waals surface area contributed by atoms with E-state index in [1.807, 2.05) is 24.3 Å². The zero-order valence-corrected chi connectivity index (χ0v) is 20.2. The molecule has 0 fully saturated rings. The van der Waals surface area contributed by atoms with Crippen LogP contribution in [-0.4, -0.2) is 33.3 Å². The van der Waals surface area contributed by atoms with Gasteiger partial charge in [-0.2, -0.15) is 0 Å². The number of nitrogens with zero attached hydrogens (tertiary/aromatic N) is 4. The van der Waals surface area contributed by atoms with Crippen LogP contribution in [0.25, 0.3) is 0 Å². The highest BCUT2D eigenvalue weighted by Crippen LogP contribution is 2.47. The van der Waals surface area contributed by atoms with Crippen LogP contribution in [0, 0.1) is 0 Å². The molecule has 0 atom stereocenters. The molecule has 9 heteroatoms. The monoisotopic (exact) mass is 504 g/mol. The van der Waals surface area contributed by atoms with E-state index in [4.69, 9.17) is 16.3 Å². The molecule has 0 saturated heterocycles. The van der Waals surface area contributed by atoms with Crippen molar-refractivity contribution in [2.75, 3.05) is 11.4 Å². The summed E-state index contributed by atoms with van der Waals surface area (Å²) in [5, 5.41) is 8.54. The minimum absolute atomic E-state index is 0.00298. The molecule has 0 aliphatic carbocycles. The third-order valence-corrected chi connectivity index (χ3v) is 6.89. The lowest BCUT2D eigenvalue weighted by Gasteiger charge is -2.32. The number of Topliss-reactive ketones (excluding diaryl/α,β-unsaturated/α-hetero) is 1. The molecule has 5 rings (SSSR count). The molecule has 4 aromatic rings. The van der Waals surface area contributed by atoms with Crippen molar-refractivity contribution in [3.8, 4) is 0 Å². The van der Waals surface area contributed by atoms with Gasteiger partial charge in [-0.05, 0) is 48.5 Å². The Morgan fingerprint density at radius 1 is 0.914 bits per heavy atom. The normalized spacial score (nSPS) is 12.1. The van der Waals surface area contributed by atoms with E-state index in [0.29, 0.717) is 22.8 Å². The van der Waals surface area contributed by atoms with Crippen LogP contribution in [0.4, 0.5) is 11.4 Å². The molecule has 0 radical (unpaired) electrons. The van der Waals surface area contributed by atoms with Gasteiger partial charge in [0.25, 0.3) is 0 Å². The van der Waals surface area contributed by atoms with Crippen molar-refractivity contribution in [2.24, 2.45) is 0 Å². The Morgan fingerprint density at radius 2 is 1.57 bits per heavy atom. The average molecular weight is 505 g/mol. The molecule has 1 aliphatic rings. The van der Waals surface area contributed by atoms with Crippen molar-refractivity contribution < 1.29 is 14.3 Å². The van der Waals surface area contributed by atoms with Gasteiger partial charge in [0.05, 0.1) is 24.0 Å². The fraction of sp³-hybridized carbons (Fsp3) is 0.154. The number of carbonyl (C=O) groups is 2. The summed E-state index contributed by atoms with van der Waals surface area (Å²) in [6, 6.07) is 23.0. The van der Waals surface area contributed by atoms with Crippen LogP contribution >= 0.6 is 23.4 Å². The number of esters is 1. The summed E-state index contributed by atoms with van der Waals surface area (Å²) >= 11 is 7.60. The largest absolute Gasteiger partial charge is 0.459 e. The highest BCUT2D eigenvalue weighted by Gasteiger charge is 2.23. The topological polar surface area (TPSA) is 77.3 Å². The van der Waals surface area contributed by atoms with Crippen LogP contribution in [0.3, 0.4) is 0 Å². The third kappa shape index (κ3) is 5.39. The summed E-state index contributed by atoms with van der Waals surface area (Å²) in [4.78, 5) is 29.4. The van der Waals surface area contributed by atoms with E-state index in [2.05, 4.69) is 39.5 Å². The maximum atomic E-state index is 12.5. The number of benzene rings is 3. The molecule has 0 bridgehead atoms. The standard InChI is InChI=1S/C26H21ClN4O3S/c27-19-11-9-18(10-12-19)23(32)16-30-15-20(28-29-30)17-34-26(33)13-14-31-21-5-1-3-7-24(21)35-25-8-4-2-6-22(25)31/h1-12,15H,13-14,16-17H2. The molecule has 0 saturated carbocycles. The van der Waals surface area contributed by atoms with Crippen molar-refractivity contribution in [1.29, 1.82) is 0 Å². The zero-order valence-electron chi connectivity index (χ0n) is 18.6. The Morgan fingerprint density at radius 3 is 2.26 bits per heavy atom. The fourth-order valence-corrected chi connectivity index (χ4v) is 5.03. The summed E-state index contributed by atoms with van der Waals surface area (Å²) in [5.41, 5.74) is 3.18. The average Bonchev–Trinajstić information content (AvgIpc) is 3.32. The van der Waals surface area contributed by atoms with Gasteiger partial charge in [-0.1, -0.05) is 52.8 Å². The maximum absolute atomic E-state index is 12.5. The van der Waals surface area contributed by atoms with Crippen molar-refractivity contribution >= 4 is 46.5 Å². The number of carbonyl (C=O) groups excluding carboxylic acids is 2. The maximum Gasteiger partial charge on any atom is 0.307 e. The summed E-state index contributed by atoms with van der Waals surface area (Å²) in [5.74, 6) is -0.444. The number of anilines is 2. The minimum Gasteiger partial charge on any atom is -0.459 e. The SMILES string of the molecule is O=C(CCN1c2ccccc2Sc2ccccc21)OCc1cn(CC(=O)c2ccc(Cl)cc2)nn1. The summed E-state index contributed by atoms with van der Waals surface area (Å²) in [6.07, 6.45) is 1.83. The predicted molar refractivity (Wildman–Crippen MR) is 134 cm³/mol. The Labute approximate surface area is 211 Å². The zero-order chi connectivity index (χ0) is 24.2. The number of fused-ring (bicyclic) bond motifs is 2. The number of para-hydroxylation sites is 2. The summed E-state index contributed by atoms with van der Waals surface area (Å²) < 4.78 is 6.85. The lowest BCUT2D eigenvalue weighted by atomic mass is 10.1. The van der Waals surface area contributed by atoms with Crippen molar-refractivity contribution in [2.45, 2.75) is 29.4 Å². The molecule has 1 aliphatic heterocycles. The molecule has 176 valence electrons. The number of ether oxygens (including phenoxy) is 1. The van der Waals surface area contributed by atoms with E-state index in [1.165, 1.54) is 4.68 Å². The van der Waals surface area contributed by atoms with Crippen LogP contribution in [0.5, 0.6) is 0 Å². The predicted octanol–water partition coefficient (Wildman–Crippen LogP) is 5.55. The Bertz CT molecular complexity index is 1330. The van der Waals surface area contributed by atoms with Crippen LogP contribution in [0.1, 0.15) is 22.5 Å². The molecule has 0 unspecified atom stereocenters. The molecule has 2 heterocycles. The van der Waals surface area contributed by atoms with Crippen LogP contribution in [0.15, 0.2) is 88.8 Å². The van der Waals surface area contributed by atoms with Crippen LogP contribution in [0.2, 0.25) is 5.02 Å². The van der Waals surface area contributed by atoms with Gasteiger partial charge in [-0.25, -0.2) is 4.68 Å². The van der Waals surface area contributed by atoms with E-state index in [1.54, 1.807) is 42.2 Å². The van der Waals surface area contributed by atoms with Gasteiger partial charge in [0.2, 0.25) is 0 Å². The van der Waals surface area contributed by atoms with E-state index in [0.717, 1.165) is 21.2 Å². The van der Waals surface area contributed by atoms with Crippen molar-refractivity contribution in [3.05, 3.63) is 95.3 Å². The van der Waals surface area contributed by atoms with Gasteiger partial charge in [0, 0.05) is 26.9 Å². The van der Waals surface area contributed by atoms with Crippen LogP contribution in [-0.2, 0) is 22.7 Å². The smallest absolute Gasteiger partial charge is 0.307 e. The van der Waals surface area contributed by atoms with Crippen molar-refractivity contribution in [1.82, 2.24) is 15.0 Å². The molecular formula is C26H21ClN4O3S. The second kappa shape index (κ2) is 10.3. The lowest BCUT2D eigenvalue weighted by molar-refractivity contribution is -0.144. The van der Waals surface area contributed by atoms with Crippen molar-refractivity contribution in [3.63, 3.8) is 0 Å². The number of ketones is 1. The summed E-state index contributed by atoms with van der Waals surface area (Å²) in [6.45, 7) is 0.529. The van der Waals surface area contributed by atoms with Gasteiger partial charge in [-0.3, -0.25) is 9.59 Å². The molecule has 35 heavy (non-hydrogen) atoms. The van der Waals surface area contributed by atoms with Gasteiger partial charge >= 0.3 is 5.97 Å². The van der Waals surface area contributed by atoms with Crippen LogP contribution < -0.4 is 4.90 Å². The number of hydrogen-bond donors (Lipinski definition) is 0. The Balaban J connectivity index is 1.16. The van der Waals surface area contributed by atoms with E-state index >= 15 is 0 Å². The molecule has 0 amide bonds. The second-order valence-electron chi connectivity index (χ2n) is 7.94. The molecule has 7 nitrogen and oxygen atoms in total. The number of aromatic nitrogens is 3. The highest BCUT2D eigenvalue weighted by molar-refractivity contribution is 7.99. The summed E-state index contributed by atoms with van der Waals surface area (Å²) in [7, 11) is 0. The first-order valence-corrected chi connectivity index (χ1v) is 12.2. The number of hydrogen-bond acceptors (Lipinski definition) is 7. The minimum atomic E-state index is -0.329. The van der Waals surface area contributed by atoms with E-state index < -0.39 is 0 Å². The first-order chi connectivity index (χ1) is 17.1. The first kappa shape index (κ1) is 23.1. The van der Waals surface area contributed by atoms with E-state index in [9.17, 15) is 9.59 Å². The molecule has 3 aromatic carbocycles. The second-order valence-corrected chi connectivity index (χ2v) is 9.46. The van der Waals surface area contributed by atoms with Gasteiger partial charge in [-0.15, -0.1) is 5.10 Å². The number of halogens is 1.